The fraction of sp³-hybridized carbons (Fsp3) is 0.591. The number of aryl methyl sites for hydroxylation is 2. The van der Waals surface area contributed by atoms with Crippen LogP contribution < -0.4 is 8.15 Å². The fourth-order valence-electron chi connectivity index (χ4n) is 4.05. The number of imidazole rings is 1. The number of hydrogen-bond acceptors (Lipinski definition) is 0. The predicted octanol–water partition coefficient (Wildman–Crippen LogP) is 6.27. The Morgan fingerprint density at radius 2 is 1.40 bits per heavy atom. The van der Waals surface area contributed by atoms with Gasteiger partial charge in [-0.25, -0.2) is 0 Å². The summed E-state index contributed by atoms with van der Waals surface area (Å²) in [4.78, 5) is 0. The first-order valence-electron chi connectivity index (χ1n) is 11.1. The number of halogens is 4. The second-order valence-electron chi connectivity index (χ2n) is 8.10. The average molecular weight is 535 g/mol. The van der Waals surface area contributed by atoms with Crippen LogP contribution >= 0.6 is 0 Å². The Bertz CT molecular complexity index is 706. The molecule has 1 aromatic heterocycles. The van der Waals surface area contributed by atoms with Crippen molar-refractivity contribution in [3.05, 3.63) is 48.5 Å². The molecule has 2 nitrogen and oxygen atoms in total. The second kappa shape index (κ2) is 13.4. The standard InChI is InChI=1S/C8H14N2.C6H5.2C4H9.BF4.Sn/c1-4-5-10-7-6-9(3)8(10)2;1-2-4-6-5-3-1;2*1-3-4-2;2-1(3,4)5;/h6-7H,1,4-5H2,2-3H3;1-5H;2*1,3-4H2,2H3;;/q+1;;;;-1;. The Hall–Kier alpha value is -0.986. The molecule has 0 radical (unpaired) electrons. The molecule has 2 aromatic rings. The molecule has 8 heteroatoms. The summed E-state index contributed by atoms with van der Waals surface area (Å²) < 4.78 is 50.0. The monoisotopic (exact) mass is 536 g/mol. The largest absolute Gasteiger partial charge is 0.673 e. The normalized spacial score (nSPS) is 11.9. The molecule has 0 aliphatic heterocycles. The van der Waals surface area contributed by atoms with Crippen LogP contribution in [0.3, 0.4) is 0 Å². The van der Waals surface area contributed by atoms with Gasteiger partial charge in [-0.3, -0.25) is 0 Å². The quantitative estimate of drug-likeness (QED) is 0.183. The zero-order chi connectivity index (χ0) is 22.6. The van der Waals surface area contributed by atoms with E-state index in [1.165, 1.54) is 57.8 Å². The third-order valence-electron chi connectivity index (χ3n) is 5.85. The minimum absolute atomic E-state index is 1.18. The molecule has 0 unspecified atom stereocenters. The van der Waals surface area contributed by atoms with Gasteiger partial charge in [0, 0.05) is 0 Å². The van der Waals surface area contributed by atoms with Crippen molar-refractivity contribution in [1.82, 2.24) is 4.57 Å². The minimum Gasteiger partial charge on any atom is -0.418 e. The molecule has 2 rings (SSSR count). The van der Waals surface area contributed by atoms with Gasteiger partial charge in [-0.2, -0.15) is 0 Å². The van der Waals surface area contributed by atoms with Gasteiger partial charge >= 0.3 is 167 Å². The number of aromatic nitrogens is 2. The van der Waals surface area contributed by atoms with Crippen LogP contribution in [0.25, 0.3) is 0 Å². The maximum atomic E-state index is 9.75. The molecule has 0 saturated heterocycles. The molecule has 0 bridgehead atoms. The van der Waals surface area contributed by atoms with Crippen LogP contribution in [0.1, 0.15) is 51.8 Å². The summed E-state index contributed by atoms with van der Waals surface area (Å²) in [7, 11) is -3.86. The molecule has 0 saturated carbocycles. The van der Waals surface area contributed by atoms with Crippen molar-refractivity contribution in [2.75, 3.05) is 0 Å². The molecule has 0 spiro atoms. The van der Waals surface area contributed by atoms with Crippen molar-refractivity contribution in [2.45, 2.75) is 72.7 Å². The zero-order valence-corrected chi connectivity index (χ0v) is 21.7. The van der Waals surface area contributed by atoms with E-state index < -0.39 is 25.6 Å². The van der Waals surface area contributed by atoms with Crippen LogP contribution in [-0.2, 0) is 13.6 Å². The first kappa shape index (κ1) is 27.0. The maximum absolute atomic E-state index is 9.75. The van der Waals surface area contributed by atoms with Crippen LogP contribution in [0.5, 0.6) is 0 Å². The minimum atomic E-state index is -6.00. The second-order valence-corrected chi connectivity index (χ2v) is 21.3. The van der Waals surface area contributed by atoms with Crippen molar-refractivity contribution < 1.29 is 21.8 Å². The summed E-state index contributed by atoms with van der Waals surface area (Å²) in [5, 5.41) is 0. The van der Waals surface area contributed by atoms with Crippen LogP contribution in [0.15, 0.2) is 42.7 Å². The Morgan fingerprint density at radius 1 is 0.900 bits per heavy atom. The molecule has 0 atom stereocenters. The summed E-state index contributed by atoms with van der Waals surface area (Å²) in [6.07, 6.45) is 11.3. The van der Waals surface area contributed by atoms with Gasteiger partial charge in [-0.1, -0.05) is 0 Å². The van der Waals surface area contributed by atoms with Crippen molar-refractivity contribution in [1.29, 1.82) is 0 Å². The molecule has 0 N–H and O–H groups in total. The Kier molecular flexibility index (Phi) is 12.1. The van der Waals surface area contributed by atoms with E-state index in [4.69, 9.17) is 0 Å². The molecular formula is C22H37BF4N2Sn. The van der Waals surface area contributed by atoms with E-state index in [-0.39, 0.29) is 0 Å². The van der Waals surface area contributed by atoms with Gasteiger partial charge in [-0.15, -0.1) is 0 Å². The van der Waals surface area contributed by atoms with Crippen LogP contribution in [0.4, 0.5) is 17.3 Å². The Morgan fingerprint density at radius 3 is 1.83 bits per heavy atom. The fourth-order valence-corrected chi connectivity index (χ4v) is 19.5. The smallest absolute Gasteiger partial charge is 0.418 e. The van der Waals surface area contributed by atoms with Crippen LogP contribution in [0.2, 0.25) is 13.3 Å². The summed E-state index contributed by atoms with van der Waals surface area (Å²) in [5.41, 5.74) is 0. The Labute approximate surface area is 183 Å². The molecular weight excluding hydrogens is 498 g/mol. The van der Waals surface area contributed by atoms with Crippen molar-refractivity contribution in [2.24, 2.45) is 7.05 Å². The van der Waals surface area contributed by atoms with E-state index >= 15 is 0 Å². The summed E-state index contributed by atoms with van der Waals surface area (Å²) in [5.74, 6) is 1.36. The number of rotatable bonds is 11. The van der Waals surface area contributed by atoms with Gasteiger partial charge in [-0.05, 0) is 0 Å². The summed E-state index contributed by atoms with van der Waals surface area (Å²) >= 11 is -2.30. The average Bonchev–Trinajstić information content (AvgIpc) is 3.01. The van der Waals surface area contributed by atoms with Crippen LogP contribution in [0, 0.1) is 6.92 Å². The van der Waals surface area contributed by atoms with E-state index in [0.717, 1.165) is 0 Å². The molecule has 0 fully saturated rings. The van der Waals surface area contributed by atoms with Gasteiger partial charge in [0.25, 0.3) is 0 Å². The number of benzene rings is 1. The number of hydrogen-bond donors (Lipinski definition) is 0. The molecule has 1 heterocycles. The van der Waals surface area contributed by atoms with E-state index in [0.29, 0.717) is 0 Å². The molecule has 170 valence electrons. The van der Waals surface area contributed by atoms with Gasteiger partial charge in [0.15, 0.2) is 0 Å². The van der Waals surface area contributed by atoms with Gasteiger partial charge < -0.3 is 17.3 Å². The van der Waals surface area contributed by atoms with E-state index in [1.54, 1.807) is 3.58 Å². The molecule has 0 amide bonds. The van der Waals surface area contributed by atoms with E-state index in [9.17, 15) is 17.3 Å². The third-order valence-corrected chi connectivity index (χ3v) is 21.5. The maximum Gasteiger partial charge on any atom is 0.673 e. The molecule has 0 aliphatic carbocycles. The van der Waals surface area contributed by atoms with Crippen molar-refractivity contribution in [3.8, 4) is 0 Å². The SMILES string of the molecule is CCC[CH2][Sn]([CH2]CCC)([CH2]CCn1cc[n+](C)c1C)[c]1ccccc1.F[B-](F)(F)F. The third kappa shape index (κ3) is 9.88. The van der Waals surface area contributed by atoms with Gasteiger partial charge in [0.05, 0.1) is 0 Å². The zero-order valence-electron chi connectivity index (χ0n) is 18.9. The summed E-state index contributed by atoms with van der Waals surface area (Å²) in [6.45, 7) is 8.10. The van der Waals surface area contributed by atoms with E-state index in [2.05, 4.69) is 79.7 Å². The molecule has 0 aliphatic rings. The number of unbranched alkanes of at least 4 members (excludes halogenated alkanes) is 2. The van der Waals surface area contributed by atoms with Gasteiger partial charge in [0.2, 0.25) is 0 Å². The Balaban J connectivity index is 0.000000804. The molecule has 30 heavy (non-hydrogen) atoms. The van der Waals surface area contributed by atoms with Crippen molar-refractivity contribution >= 4 is 29.2 Å². The number of nitrogens with zero attached hydrogens (tertiary/aromatic N) is 2. The van der Waals surface area contributed by atoms with Crippen molar-refractivity contribution in [3.63, 3.8) is 0 Å². The predicted molar refractivity (Wildman–Crippen MR) is 121 cm³/mol. The van der Waals surface area contributed by atoms with Crippen LogP contribution in [-0.4, -0.2) is 30.2 Å². The summed E-state index contributed by atoms with van der Waals surface area (Å²) in [6, 6.07) is 11.7. The first-order valence-corrected chi connectivity index (χ1v) is 18.6. The van der Waals surface area contributed by atoms with Gasteiger partial charge in [0.1, 0.15) is 0 Å². The first-order chi connectivity index (χ1) is 14.1. The molecule has 1 aromatic carbocycles. The van der Waals surface area contributed by atoms with E-state index in [1.807, 2.05) is 0 Å². The topological polar surface area (TPSA) is 8.81 Å².